The van der Waals surface area contributed by atoms with Gasteiger partial charge < -0.3 is 9.88 Å². The van der Waals surface area contributed by atoms with Crippen molar-refractivity contribution in [2.75, 3.05) is 6.54 Å². The minimum atomic E-state index is -0.149. The van der Waals surface area contributed by atoms with Gasteiger partial charge in [0.2, 0.25) is 0 Å². The molecule has 0 aliphatic carbocycles. The number of piperidine rings is 1. The molecule has 1 aromatic heterocycles. The van der Waals surface area contributed by atoms with Gasteiger partial charge in [0.15, 0.2) is 4.77 Å². The van der Waals surface area contributed by atoms with Gasteiger partial charge in [-0.2, -0.15) is 0 Å². The first kappa shape index (κ1) is 15.0. The Labute approximate surface area is 133 Å². The highest BCUT2D eigenvalue weighted by molar-refractivity contribution is 7.71. The Morgan fingerprint density at radius 2 is 2.14 bits per heavy atom. The van der Waals surface area contributed by atoms with Crippen LogP contribution in [0.25, 0.3) is 10.9 Å². The van der Waals surface area contributed by atoms with Crippen LogP contribution in [0.1, 0.15) is 36.5 Å². The van der Waals surface area contributed by atoms with Crippen molar-refractivity contribution in [2.24, 2.45) is 7.05 Å². The van der Waals surface area contributed by atoms with Gasteiger partial charge in [0.05, 0.1) is 10.9 Å². The molecular weight excluding hydrogens is 298 g/mol. The molecule has 1 N–H and O–H groups in total. The van der Waals surface area contributed by atoms with Crippen molar-refractivity contribution in [3.63, 3.8) is 0 Å². The monoisotopic (exact) mass is 317 g/mol. The van der Waals surface area contributed by atoms with Gasteiger partial charge in [-0.1, -0.05) is 0 Å². The Kier molecular flexibility index (Phi) is 3.87. The van der Waals surface area contributed by atoms with Gasteiger partial charge in [0.25, 0.3) is 11.5 Å². The number of hydrogen-bond acceptors (Lipinski definition) is 3. The maximum Gasteiger partial charge on any atom is 0.261 e. The van der Waals surface area contributed by atoms with Crippen LogP contribution >= 0.6 is 12.2 Å². The second kappa shape index (κ2) is 5.68. The molecule has 0 unspecified atom stereocenters. The van der Waals surface area contributed by atoms with E-state index in [0.717, 1.165) is 19.4 Å². The number of rotatable bonds is 1. The summed E-state index contributed by atoms with van der Waals surface area (Å²) in [5.74, 6) is 0.0223. The number of hydrogen-bond donors (Lipinski definition) is 1. The first-order valence-electron chi connectivity index (χ1n) is 7.53. The lowest BCUT2D eigenvalue weighted by Crippen LogP contribution is -2.42. The van der Waals surface area contributed by atoms with Crippen molar-refractivity contribution >= 4 is 29.0 Å². The van der Waals surface area contributed by atoms with Crippen LogP contribution in [0.15, 0.2) is 23.0 Å². The summed E-state index contributed by atoms with van der Waals surface area (Å²) in [6.45, 7) is 2.88. The minimum absolute atomic E-state index is 0.0223. The van der Waals surface area contributed by atoms with Crippen LogP contribution in [0.3, 0.4) is 0 Å². The van der Waals surface area contributed by atoms with Crippen LogP contribution in [0, 0.1) is 4.77 Å². The highest BCUT2D eigenvalue weighted by Gasteiger charge is 2.24. The van der Waals surface area contributed by atoms with Crippen molar-refractivity contribution < 1.29 is 4.79 Å². The van der Waals surface area contributed by atoms with E-state index in [0.29, 0.717) is 21.2 Å². The van der Waals surface area contributed by atoms with Crippen LogP contribution in [0.2, 0.25) is 0 Å². The number of likely N-dealkylation sites (tertiary alicyclic amines) is 1. The molecule has 0 saturated carbocycles. The van der Waals surface area contributed by atoms with Crippen LogP contribution < -0.4 is 5.56 Å². The van der Waals surface area contributed by atoms with Gasteiger partial charge in [-0.25, -0.2) is 0 Å². The number of nitrogens with one attached hydrogen (secondary N) is 1. The van der Waals surface area contributed by atoms with Crippen molar-refractivity contribution in [3.05, 3.63) is 38.9 Å². The smallest absolute Gasteiger partial charge is 0.261 e. The molecule has 1 saturated heterocycles. The van der Waals surface area contributed by atoms with Crippen molar-refractivity contribution in [2.45, 2.75) is 32.2 Å². The number of aromatic nitrogens is 2. The van der Waals surface area contributed by atoms with Gasteiger partial charge in [0, 0.05) is 25.2 Å². The zero-order chi connectivity index (χ0) is 15.9. The van der Waals surface area contributed by atoms with Gasteiger partial charge >= 0.3 is 0 Å². The summed E-state index contributed by atoms with van der Waals surface area (Å²) in [5, 5.41) is 0.541. The molecule has 0 radical (unpaired) electrons. The Hall–Kier alpha value is -1.95. The molecule has 5 nitrogen and oxygen atoms in total. The molecule has 0 bridgehead atoms. The molecule has 6 heteroatoms. The number of H-pyrrole nitrogens is 1. The Bertz CT molecular complexity index is 853. The van der Waals surface area contributed by atoms with Crippen LogP contribution in [-0.4, -0.2) is 32.9 Å². The predicted molar refractivity (Wildman–Crippen MR) is 88.7 cm³/mol. The Morgan fingerprint density at radius 3 is 2.86 bits per heavy atom. The van der Waals surface area contributed by atoms with E-state index in [-0.39, 0.29) is 17.5 Å². The van der Waals surface area contributed by atoms with Crippen molar-refractivity contribution in [1.29, 1.82) is 0 Å². The third kappa shape index (κ3) is 2.47. The predicted octanol–water partition coefficient (Wildman–Crippen LogP) is 2.61. The maximum absolute atomic E-state index is 12.7. The van der Waals surface area contributed by atoms with Crippen LogP contribution in [0.5, 0.6) is 0 Å². The summed E-state index contributed by atoms with van der Waals surface area (Å²) >= 11 is 5.13. The number of nitrogens with zero attached hydrogens (tertiary/aromatic N) is 2. The van der Waals surface area contributed by atoms with Gasteiger partial charge in [-0.3, -0.25) is 14.2 Å². The first-order chi connectivity index (χ1) is 10.5. The van der Waals surface area contributed by atoms with E-state index in [4.69, 9.17) is 12.2 Å². The van der Waals surface area contributed by atoms with Crippen molar-refractivity contribution in [3.8, 4) is 0 Å². The Morgan fingerprint density at radius 1 is 1.36 bits per heavy atom. The second-order valence-electron chi connectivity index (χ2n) is 5.90. The quantitative estimate of drug-likeness (QED) is 0.823. The molecule has 1 atom stereocenters. The van der Waals surface area contributed by atoms with Crippen LogP contribution in [-0.2, 0) is 7.05 Å². The average Bonchev–Trinajstić information content (AvgIpc) is 2.52. The highest BCUT2D eigenvalue weighted by Crippen LogP contribution is 2.20. The van der Waals surface area contributed by atoms with E-state index in [1.165, 1.54) is 11.0 Å². The maximum atomic E-state index is 12.7. The zero-order valence-electron chi connectivity index (χ0n) is 12.8. The molecule has 0 spiro atoms. The molecule has 1 amide bonds. The molecule has 116 valence electrons. The summed E-state index contributed by atoms with van der Waals surface area (Å²) in [6.07, 6.45) is 3.26. The topological polar surface area (TPSA) is 58.1 Å². The summed E-state index contributed by atoms with van der Waals surface area (Å²) in [4.78, 5) is 29.8. The van der Waals surface area contributed by atoms with E-state index >= 15 is 0 Å². The van der Waals surface area contributed by atoms with Gasteiger partial charge in [0.1, 0.15) is 0 Å². The Balaban J connectivity index is 2.05. The number of carbonyl (C=O) groups is 1. The normalized spacial score (nSPS) is 18.6. The fourth-order valence-electron chi connectivity index (χ4n) is 3.00. The number of fused-ring (bicyclic) bond motifs is 1. The fourth-order valence-corrected chi connectivity index (χ4v) is 3.20. The summed E-state index contributed by atoms with van der Waals surface area (Å²) in [6, 6.07) is 5.42. The first-order valence-corrected chi connectivity index (χ1v) is 7.94. The SMILES string of the molecule is C[C@@H]1CCCCN1C(=O)c1ccc2c(=O)n(C)c(=S)[nH]c2c1. The van der Waals surface area contributed by atoms with Gasteiger partial charge in [-0.15, -0.1) is 0 Å². The molecule has 3 rings (SSSR count). The van der Waals surface area contributed by atoms with Crippen LogP contribution in [0.4, 0.5) is 0 Å². The standard InChI is InChI=1S/C16H19N3O2S/c1-10-5-3-4-8-19(10)14(20)11-6-7-12-13(9-11)17-16(22)18(2)15(12)21/h6-7,9-10H,3-5,8H2,1-2H3,(H,17,22)/t10-/m1/s1. The lowest BCUT2D eigenvalue weighted by atomic mass is 10.0. The van der Waals surface area contributed by atoms with E-state index in [1.54, 1.807) is 25.2 Å². The highest BCUT2D eigenvalue weighted by atomic mass is 32.1. The van der Waals surface area contributed by atoms with E-state index in [1.807, 2.05) is 4.90 Å². The third-order valence-electron chi connectivity index (χ3n) is 4.41. The summed E-state index contributed by atoms with van der Waals surface area (Å²) < 4.78 is 1.75. The molecule has 2 aromatic rings. The van der Waals surface area contributed by atoms with E-state index in [2.05, 4.69) is 11.9 Å². The van der Waals surface area contributed by atoms with E-state index in [9.17, 15) is 9.59 Å². The number of benzene rings is 1. The lowest BCUT2D eigenvalue weighted by Gasteiger charge is -2.33. The largest absolute Gasteiger partial charge is 0.336 e. The fraction of sp³-hybridized carbons (Fsp3) is 0.438. The van der Waals surface area contributed by atoms with E-state index < -0.39 is 0 Å². The second-order valence-corrected chi connectivity index (χ2v) is 6.28. The molecule has 22 heavy (non-hydrogen) atoms. The third-order valence-corrected chi connectivity index (χ3v) is 4.79. The summed E-state index contributed by atoms with van der Waals surface area (Å²) in [5.41, 5.74) is 1.06. The molecular formula is C16H19N3O2S. The molecule has 1 aromatic carbocycles. The van der Waals surface area contributed by atoms with Gasteiger partial charge in [-0.05, 0) is 56.6 Å². The summed E-state index contributed by atoms with van der Waals surface area (Å²) in [7, 11) is 1.63. The average molecular weight is 317 g/mol. The number of amides is 1. The van der Waals surface area contributed by atoms with Crippen molar-refractivity contribution in [1.82, 2.24) is 14.5 Å². The molecule has 1 aliphatic heterocycles. The zero-order valence-corrected chi connectivity index (χ0v) is 13.6. The minimum Gasteiger partial charge on any atom is -0.336 e. The molecule has 1 aliphatic rings. The molecule has 1 fully saturated rings. The number of carbonyl (C=O) groups excluding carboxylic acids is 1. The number of aromatic amines is 1. The lowest BCUT2D eigenvalue weighted by molar-refractivity contribution is 0.0636. The molecule has 2 heterocycles.